The van der Waals surface area contributed by atoms with Crippen molar-refractivity contribution >= 4 is 21.9 Å². The van der Waals surface area contributed by atoms with Crippen molar-refractivity contribution in [2.75, 3.05) is 0 Å². The summed E-state index contributed by atoms with van der Waals surface area (Å²) in [5.41, 5.74) is -0.456. The van der Waals surface area contributed by atoms with E-state index in [0.717, 1.165) is 23.7 Å². The third-order valence-electron chi connectivity index (χ3n) is 3.72. The zero-order valence-corrected chi connectivity index (χ0v) is 11.7. The summed E-state index contributed by atoms with van der Waals surface area (Å²) < 4.78 is 0.747. The van der Waals surface area contributed by atoms with E-state index in [1.807, 2.05) is 18.2 Å². The molecule has 1 aromatic rings. The highest BCUT2D eigenvalue weighted by molar-refractivity contribution is 9.10. The third-order valence-corrected chi connectivity index (χ3v) is 4.44. The van der Waals surface area contributed by atoms with Gasteiger partial charge in [-0.1, -0.05) is 53.4 Å². The number of halogens is 1. The standard InChI is InChI=1S/C14H17BrO3/c15-11-7-3-2-6-10(11)12(13(16)17)14(18)8-4-1-5-9-14/h2-3,6-7,12,18H,1,4-5,8-9H2,(H,16,17). The maximum Gasteiger partial charge on any atom is 0.313 e. The van der Waals surface area contributed by atoms with Gasteiger partial charge < -0.3 is 10.2 Å². The second-order valence-electron chi connectivity index (χ2n) is 4.96. The average molecular weight is 313 g/mol. The summed E-state index contributed by atoms with van der Waals surface area (Å²) in [4.78, 5) is 11.6. The summed E-state index contributed by atoms with van der Waals surface area (Å²) in [5.74, 6) is -1.81. The number of aliphatic carboxylic acids is 1. The summed E-state index contributed by atoms with van der Waals surface area (Å²) in [6.07, 6.45) is 3.98. The Bertz CT molecular complexity index is 438. The Balaban J connectivity index is 2.40. The largest absolute Gasteiger partial charge is 0.481 e. The van der Waals surface area contributed by atoms with Gasteiger partial charge in [-0.2, -0.15) is 0 Å². The molecule has 1 saturated carbocycles. The van der Waals surface area contributed by atoms with Crippen LogP contribution in [0.15, 0.2) is 28.7 Å². The monoisotopic (exact) mass is 312 g/mol. The van der Waals surface area contributed by atoms with E-state index in [2.05, 4.69) is 15.9 Å². The SMILES string of the molecule is O=C(O)C(c1ccccc1Br)C1(O)CCCCC1. The van der Waals surface area contributed by atoms with Crippen molar-refractivity contribution in [3.05, 3.63) is 34.3 Å². The molecule has 18 heavy (non-hydrogen) atoms. The van der Waals surface area contributed by atoms with Crippen molar-refractivity contribution in [1.82, 2.24) is 0 Å². The first kappa shape index (κ1) is 13.6. The summed E-state index contributed by atoms with van der Waals surface area (Å²) in [6.45, 7) is 0. The van der Waals surface area contributed by atoms with Gasteiger partial charge in [0.2, 0.25) is 0 Å². The van der Waals surface area contributed by atoms with Crippen molar-refractivity contribution < 1.29 is 15.0 Å². The van der Waals surface area contributed by atoms with E-state index in [-0.39, 0.29) is 0 Å². The highest BCUT2D eigenvalue weighted by Gasteiger charge is 2.43. The maximum atomic E-state index is 11.6. The molecule has 2 rings (SSSR count). The zero-order valence-electron chi connectivity index (χ0n) is 10.1. The molecule has 1 aliphatic carbocycles. The van der Waals surface area contributed by atoms with Crippen molar-refractivity contribution in [2.45, 2.75) is 43.6 Å². The van der Waals surface area contributed by atoms with E-state index < -0.39 is 17.5 Å². The lowest BCUT2D eigenvalue weighted by molar-refractivity contribution is -0.147. The Labute approximate surface area is 115 Å². The fraction of sp³-hybridized carbons (Fsp3) is 0.500. The van der Waals surface area contributed by atoms with Crippen molar-refractivity contribution in [3.8, 4) is 0 Å². The zero-order chi connectivity index (χ0) is 13.2. The maximum absolute atomic E-state index is 11.6. The van der Waals surface area contributed by atoms with Crippen LogP contribution in [-0.4, -0.2) is 21.8 Å². The Kier molecular flexibility index (Phi) is 4.07. The molecule has 0 aromatic heterocycles. The molecule has 3 nitrogen and oxygen atoms in total. The Hall–Kier alpha value is -0.870. The molecule has 1 aromatic carbocycles. The number of aliphatic hydroxyl groups is 1. The Morgan fingerprint density at radius 3 is 2.39 bits per heavy atom. The van der Waals surface area contributed by atoms with E-state index in [4.69, 9.17) is 0 Å². The molecule has 1 aliphatic rings. The molecule has 1 atom stereocenters. The van der Waals surface area contributed by atoms with Gasteiger partial charge in [0, 0.05) is 4.47 Å². The molecule has 0 heterocycles. The van der Waals surface area contributed by atoms with E-state index in [1.165, 1.54) is 0 Å². The molecule has 0 amide bonds. The highest BCUT2D eigenvalue weighted by atomic mass is 79.9. The molecular formula is C14H17BrO3. The summed E-state index contributed by atoms with van der Waals surface area (Å²) in [6, 6.07) is 7.24. The van der Waals surface area contributed by atoms with Gasteiger partial charge in [-0.15, -0.1) is 0 Å². The van der Waals surface area contributed by atoms with Gasteiger partial charge in [0.1, 0.15) is 5.92 Å². The predicted molar refractivity (Wildman–Crippen MR) is 72.6 cm³/mol. The van der Waals surface area contributed by atoms with Gasteiger partial charge in [0.05, 0.1) is 5.60 Å². The summed E-state index contributed by atoms with van der Waals surface area (Å²) in [5, 5.41) is 20.2. The molecule has 1 unspecified atom stereocenters. The first-order valence-electron chi connectivity index (χ1n) is 6.24. The van der Waals surface area contributed by atoms with Gasteiger partial charge in [-0.3, -0.25) is 4.79 Å². The van der Waals surface area contributed by atoms with E-state index in [9.17, 15) is 15.0 Å². The highest BCUT2D eigenvalue weighted by Crippen LogP contribution is 2.42. The third kappa shape index (κ3) is 2.59. The van der Waals surface area contributed by atoms with Crippen LogP contribution >= 0.6 is 15.9 Å². The number of benzene rings is 1. The predicted octanol–water partition coefficient (Wildman–Crippen LogP) is 3.31. The molecule has 98 valence electrons. The molecular weight excluding hydrogens is 296 g/mol. The lowest BCUT2D eigenvalue weighted by Gasteiger charge is -2.37. The van der Waals surface area contributed by atoms with Crippen LogP contribution in [0, 0.1) is 0 Å². The lowest BCUT2D eigenvalue weighted by atomic mass is 9.73. The quantitative estimate of drug-likeness (QED) is 0.900. The van der Waals surface area contributed by atoms with Crippen LogP contribution < -0.4 is 0 Å². The fourth-order valence-corrected chi connectivity index (χ4v) is 3.33. The normalized spacial score (nSPS) is 20.3. The second-order valence-corrected chi connectivity index (χ2v) is 5.81. The summed E-state index contributed by atoms with van der Waals surface area (Å²) >= 11 is 3.38. The Morgan fingerprint density at radius 1 is 1.22 bits per heavy atom. The van der Waals surface area contributed by atoms with Crippen LogP contribution in [0.5, 0.6) is 0 Å². The van der Waals surface area contributed by atoms with Crippen LogP contribution in [-0.2, 0) is 4.79 Å². The minimum absolute atomic E-state index is 0.561. The van der Waals surface area contributed by atoms with Crippen molar-refractivity contribution in [3.63, 3.8) is 0 Å². The topological polar surface area (TPSA) is 57.5 Å². The van der Waals surface area contributed by atoms with Crippen LogP contribution in [0.2, 0.25) is 0 Å². The van der Waals surface area contributed by atoms with E-state index in [0.29, 0.717) is 18.4 Å². The van der Waals surface area contributed by atoms with Gasteiger partial charge in [-0.05, 0) is 24.5 Å². The van der Waals surface area contributed by atoms with Gasteiger partial charge >= 0.3 is 5.97 Å². The minimum atomic E-state index is -1.12. The summed E-state index contributed by atoms with van der Waals surface area (Å²) in [7, 11) is 0. The number of hydrogen-bond donors (Lipinski definition) is 2. The van der Waals surface area contributed by atoms with Crippen molar-refractivity contribution in [1.29, 1.82) is 0 Å². The molecule has 0 aliphatic heterocycles. The van der Waals surface area contributed by atoms with E-state index >= 15 is 0 Å². The van der Waals surface area contributed by atoms with Crippen molar-refractivity contribution in [2.24, 2.45) is 0 Å². The van der Waals surface area contributed by atoms with Crippen LogP contribution in [0.1, 0.15) is 43.6 Å². The number of hydrogen-bond acceptors (Lipinski definition) is 2. The van der Waals surface area contributed by atoms with Crippen LogP contribution in [0.4, 0.5) is 0 Å². The molecule has 2 N–H and O–H groups in total. The van der Waals surface area contributed by atoms with E-state index in [1.54, 1.807) is 6.07 Å². The molecule has 0 bridgehead atoms. The minimum Gasteiger partial charge on any atom is -0.481 e. The van der Waals surface area contributed by atoms with Gasteiger partial charge in [0.15, 0.2) is 0 Å². The van der Waals surface area contributed by atoms with Crippen LogP contribution in [0.3, 0.4) is 0 Å². The first-order valence-corrected chi connectivity index (χ1v) is 7.03. The molecule has 0 radical (unpaired) electrons. The van der Waals surface area contributed by atoms with Gasteiger partial charge in [-0.25, -0.2) is 0 Å². The number of carboxylic acids is 1. The number of rotatable bonds is 3. The fourth-order valence-electron chi connectivity index (χ4n) is 2.81. The van der Waals surface area contributed by atoms with Crippen LogP contribution in [0.25, 0.3) is 0 Å². The lowest BCUT2D eigenvalue weighted by Crippen LogP contribution is -2.42. The molecule has 1 fully saturated rings. The molecule has 0 saturated heterocycles. The Morgan fingerprint density at radius 2 is 1.83 bits per heavy atom. The number of carbonyl (C=O) groups is 1. The van der Waals surface area contributed by atoms with Gasteiger partial charge in [0.25, 0.3) is 0 Å². The molecule has 4 heteroatoms. The average Bonchev–Trinajstić information content (AvgIpc) is 2.32. The first-order chi connectivity index (χ1) is 8.54. The number of carboxylic acid groups (broad SMARTS) is 1. The smallest absolute Gasteiger partial charge is 0.313 e. The molecule has 0 spiro atoms. The second kappa shape index (κ2) is 5.41.